The van der Waals surface area contributed by atoms with Gasteiger partial charge in [-0.1, -0.05) is 66.2 Å². The largest absolute Gasteiger partial charge is 0.489 e. The Morgan fingerprint density at radius 1 is 0.868 bits per heavy atom. The van der Waals surface area contributed by atoms with Crippen LogP contribution < -0.4 is 21.0 Å². The van der Waals surface area contributed by atoms with Crippen LogP contribution in [-0.4, -0.2) is 11.0 Å². The van der Waals surface area contributed by atoms with Gasteiger partial charge in [0.1, 0.15) is 17.9 Å². The highest BCUT2D eigenvalue weighted by atomic mass is 35.5. The molecule has 8 heteroatoms. The summed E-state index contributed by atoms with van der Waals surface area (Å²) in [5.41, 5.74) is 2.95. The first-order valence-electron chi connectivity index (χ1n) is 11.7. The summed E-state index contributed by atoms with van der Waals surface area (Å²) in [4.78, 5) is 25.1. The second-order valence-electron chi connectivity index (χ2n) is 8.39. The van der Waals surface area contributed by atoms with E-state index in [1.807, 2.05) is 42.5 Å². The van der Waals surface area contributed by atoms with Gasteiger partial charge in [-0.25, -0.2) is 4.79 Å². The van der Waals surface area contributed by atoms with E-state index in [0.29, 0.717) is 45.3 Å². The zero-order valence-corrected chi connectivity index (χ0v) is 21.5. The summed E-state index contributed by atoms with van der Waals surface area (Å²) in [7, 11) is 0. The number of ether oxygens (including phenoxy) is 1. The summed E-state index contributed by atoms with van der Waals surface area (Å²) >= 11 is 11.8. The van der Waals surface area contributed by atoms with Crippen LogP contribution in [0.3, 0.4) is 0 Å². The second kappa shape index (κ2) is 11.3. The van der Waals surface area contributed by atoms with Gasteiger partial charge in [-0.15, -0.1) is 0 Å². The molecule has 0 fully saturated rings. The first kappa shape index (κ1) is 25.2. The van der Waals surface area contributed by atoms with Gasteiger partial charge in [-0.2, -0.15) is 0 Å². The molecule has 0 bridgehead atoms. The van der Waals surface area contributed by atoms with Crippen molar-refractivity contribution in [3.63, 3.8) is 0 Å². The first-order valence-corrected chi connectivity index (χ1v) is 12.5. The van der Waals surface area contributed by atoms with Crippen molar-refractivity contribution in [1.82, 2.24) is 5.32 Å². The van der Waals surface area contributed by atoms with Crippen molar-refractivity contribution in [2.24, 2.45) is 0 Å². The molecule has 5 rings (SSSR count). The van der Waals surface area contributed by atoms with E-state index in [0.717, 1.165) is 10.9 Å². The molecule has 0 aliphatic carbocycles. The normalized spacial score (nSPS) is 10.7. The molecule has 0 unspecified atom stereocenters. The summed E-state index contributed by atoms with van der Waals surface area (Å²) < 4.78 is 11.2. The van der Waals surface area contributed by atoms with Crippen molar-refractivity contribution in [2.45, 2.75) is 6.61 Å². The van der Waals surface area contributed by atoms with Crippen molar-refractivity contribution >= 4 is 51.5 Å². The van der Waals surface area contributed by atoms with Crippen LogP contribution in [0.2, 0.25) is 5.02 Å². The number of thiocarbonyl (C=S) groups is 1. The van der Waals surface area contributed by atoms with E-state index in [2.05, 4.69) is 10.6 Å². The maximum absolute atomic E-state index is 12.6. The number of carbonyl (C=O) groups is 1. The predicted octanol–water partition coefficient (Wildman–Crippen LogP) is 6.82. The molecule has 0 aliphatic heterocycles. The molecule has 188 valence electrons. The van der Waals surface area contributed by atoms with Crippen molar-refractivity contribution in [3.05, 3.63) is 130 Å². The fraction of sp³-hybridized carbons (Fsp3) is 0.0333. The van der Waals surface area contributed by atoms with Crippen LogP contribution >= 0.6 is 23.8 Å². The highest BCUT2D eigenvalue weighted by Gasteiger charge is 2.13. The summed E-state index contributed by atoms with van der Waals surface area (Å²) in [5, 5.41) is 6.82. The Balaban J connectivity index is 1.21. The maximum atomic E-state index is 12.6. The van der Waals surface area contributed by atoms with Crippen LogP contribution in [-0.2, 0) is 6.61 Å². The molecule has 6 nitrogen and oxygen atoms in total. The number of hydrogen-bond donors (Lipinski definition) is 2. The second-order valence-corrected chi connectivity index (χ2v) is 9.20. The van der Waals surface area contributed by atoms with Gasteiger partial charge in [0.15, 0.2) is 5.11 Å². The summed E-state index contributed by atoms with van der Waals surface area (Å²) in [6.45, 7) is 0.438. The SMILES string of the molecule is O=C(NC(=S)Nc1ccc(-c2cc3ccccc3oc2=O)c(Cl)c1)c1ccc(OCc2ccccc2)cc1. The predicted molar refractivity (Wildman–Crippen MR) is 154 cm³/mol. The van der Waals surface area contributed by atoms with E-state index in [1.165, 1.54) is 0 Å². The minimum atomic E-state index is -0.481. The molecular formula is C30H21ClN2O4S. The molecule has 2 N–H and O–H groups in total. The van der Waals surface area contributed by atoms with Crippen LogP contribution in [0.4, 0.5) is 5.69 Å². The van der Waals surface area contributed by atoms with Gasteiger partial charge >= 0.3 is 5.63 Å². The smallest absolute Gasteiger partial charge is 0.344 e. The number of para-hydroxylation sites is 1. The molecule has 38 heavy (non-hydrogen) atoms. The van der Waals surface area contributed by atoms with Gasteiger partial charge in [-0.05, 0) is 66.3 Å². The molecule has 1 amide bonds. The number of anilines is 1. The standard InChI is InChI=1S/C30H21ClN2O4S/c31-26-17-22(12-15-24(26)25-16-21-8-4-5-9-27(21)37-29(25)35)32-30(38)33-28(34)20-10-13-23(14-11-20)36-18-19-6-2-1-3-7-19/h1-17H,18H2,(H2,32,33,34,38). The quantitative estimate of drug-likeness (QED) is 0.182. The van der Waals surface area contributed by atoms with E-state index >= 15 is 0 Å². The average Bonchev–Trinajstić information content (AvgIpc) is 2.92. The monoisotopic (exact) mass is 540 g/mol. The van der Waals surface area contributed by atoms with Crippen LogP contribution in [0, 0.1) is 0 Å². The lowest BCUT2D eigenvalue weighted by Gasteiger charge is -2.12. The molecule has 0 radical (unpaired) electrons. The van der Waals surface area contributed by atoms with E-state index in [1.54, 1.807) is 60.7 Å². The van der Waals surface area contributed by atoms with E-state index in [4.69, 9.17) is 33.0 Å². The molecule has 0 saturated carbocycles. The zero-order valence-electron chi connectivity index (χ0n) is 19.9. The van der Waals surface area contributed by atoms with Crippen molar-refractivity contribution < 1.29 is 13.9 Å². The highest BCUT2D eigenvalue weighted by molar-refractivity contribution is 7.80. The Labute approximate surface area is 228 Å². The van der Waals surface area contributed by atoms with Crippen LogP contribution in [0.5, 0.6) is 5.75 Å². The third kappa shape index (κ3) is 5.91. The van der Waals surface area contributed by atoms with E-state index < -0.39 is 5.63 Å². The third-order valence-electron chi connectivity index (χ3n) is 5.75. The molecule has 4 aromatic carbocycles. The maximum Gasteiger partial charge on any atom is 0.344 e. The Bertz CT molecular complexity index is 1690. The molecule has 0 spiro atoms. The topological polar surface area (TPSA) is 80.6 Å². The number of hydrogen-bond acceptors (Lipinski definition) is 5. The van der Waals surface area contributed by atoms with Gasteiger partial charge in [0, 0.05) is 22.2 Å². The van der Waals surface area contributed by atoms with Crippen LogP contribution in [0.1, 0.15) is 15.9 Å². The fourth-order valence-electron chi connectivity index (χ4n) is 3.84. The summed E-state index contributed by atoms with van der Waals surface area (Å²) in [6, 6.07) is 30.7. The van der Waals surface area contributed by atoms with Crippen LogP contribution in [0.15, 0.2) is 112 Å². The number of amides is 1. The Kier molecular flexibility index (Phi) is 7.49. The van der Waals surface area contributed by atoms with E-state index in [-0.39, 0.29) is 11.0 Å². The molecule has 0 atom stereocenters. The Morgan fingerprint density at radius 2 is 1.61 bits per heavy atom. The van der Waals surface area contributed by atoms with Gasteiger partial charge in [-0.3, -0.25) is 10.1 Å². The fourth-order valence-corrected chi connectivity index (χ4v) is 4.33. The molecule has 1 aromatic heterocycles. The Morgan fingerprint density at radius 3 is 2.37 bits per heavy atom. The molecule has 0 aliphatic rings. The first-order chi connectivity index (χ1) is 18.5. The number of nitrogens with one attached hydrogen (secondary N) is 2. The molecule has 1 heterocycles. The van der Waals surface area contributed by atoms with Gasteiger partial charge in [0.05, 0.1) is 10.6 Å². The van der Waals surface area contributed by atoms with E-state index in [9.17, 15) is 9.59 Å². The number of fused-ring (bicyclic) bond motifs is 1. The lowest BCUT2D eigenvalue weighted by molar-refractivity contribution is 0.0977. The number of halogens is 1. The highest BCUT2D eigenvalue weighted by Crippen LogP contribution is 2.30. The average molecular weight is 541 g/mol. The minimum Gasteiger partial charge on any atom is -0.489 e. The van der Waals surface area contributed by atoms with Gasteiger partial charge in [0.2, 0.25) is 0 Å². The van der Waals surface area contributed by atoms with Gasteiger partial charge < -0.3 is 14.5 Å². The molecular weight excluding hydrogens is 520 g/mol. The molecule has 5 aromatic rings. The molecule has 0 saturated heterocycles. The lowest BCUT2D eigenvalue weighted by Crippen LogP contribution is -2.34. The van der Waals surface area contributed by atoms with Crippen molar-refractivity contribution in [3.8, 4) is 16.9 Å². The number of rotatable bonds is 6. The summed E-state index contributed by atoms with van der Waals surface area (Å²) in [5.74, 6) is 0.287. The number of benzene rings is 4. The van der Waals surface area contributed by atoms with Crippen LogP contribution in [0.25, 0.3) is 22.1 Å². The Hall–Kier alpha value is -4.46. The van der Waals surface area contributed by atoms with Crippen molar-refractivity contribution in [1.29, 1.82) is 0 Å². The summed E-state index contributed by atoms with van der Waals surface area (Å²) in [6.07, 6.45) is 0. The number of carbonyl (C=O) groups excluding carboxylic acids is 1. The minimum absolute atomic E-state index is 0.105. The van der Waals surface area contributed by atoms with Gasteiger partial charge in [0.25, 0.3) is 5.91 Å². The third-order valence-corrected chi connectivity index (χ3v) is 6.27. The zero-order chi connectivity index (χ0) is 26.5. The lowest BCUT2D eigenvalue weighted by atomic mass is 10.1. The van der Waals surface area contributed by atoms with Crippen molar-refractivity contribution in [2.75, 3.05) is 5.32 Å².